The molecule has 92 valence electrons. The fraction of sp³-hybridized carbons (Fsp3) is 0.500. The summed E-state index contributed by atoms with van der Waals surface area (Å²) in [5, 5.41) is 2.51. The molecule has 2 rings (SSSR count). The average molecular weight is 238 g/mol. The van der Waals surface area contributed by atoms with Crippen LogP contribution in [0, 0.1) is 0 Å². The minimum absolute atomic E-state index is 0.305. The van der Waals surface area contributed by atoms with Crippen molar-refractivity contribution in [1.29, 1.82) is 0 Å². The number of fused-ring (bicyclic) bond motifs is 1. The molecular weight excluding hydrogens is 224 g/mol. The van der Waals surface area contributed by atoms with E-state index in [0.29, 0.717) is 13.0 Å². The fourth-order valence-electron chi connectivity index (χ4n) is 1.94. The number of amides is 2. The highest BCUT2D eigenvalue weighted by atomic mass is 16.5. The molecule has 1 aliphatic heterocycles. The normalized spacial score (nSPS) is 18.5. The Morgan fingerprint density at radius 1 is 1.65 bits per heavy atom. The van der Waals surface area contributed by atoms with E-state index in [1.807, 2.05) is 0 Å². The van der Waals surface area contributed by atoms with Gasteiger partial charge in [-0.1, -0.05) is 0 Å². The van der Waals surface area contributed by atoms with Gasteiger partial charge in [0, 0.05) is 13.5 Å². The highest BCUT2D eigenvalue weighted by molar-refractivity contribution is 5.84. The lowest BCUT2D eigenvalue weighted by Gasteiger charge is -2.32. The first-order valence-corrected chi connectivity index (χ1v) is 5.24. The van der Waals surface area contributed by atoms with Crippen LogP contribution >= 0.6 is 0 Å². The molecule has 1 atom stereocenters. The van der Waals surface area contributed by atoms with Crippen molar-refractivity contribution in [1.82, 2.24) is 20.2 Å². The first-order chi connectivity index (χ1) is 8.17. The maximum absolute atomic E-state index is 11.7. The molecule has 17 heavy (non-hydrogen) atoms. The van der Waals surface area contributed by atoms with E-state index in [1.54, 1.807) is 6.33 Å². The summed E-state index contributed by atoms with van der Waals surface area (Å²) >= 11 is 0. The summed E-state index contributed by atoms with van der Waals surface area (Å²) in [4.78, 5) is 31.9. The molecular formula is C10H14N4O3. The Kier molecular flexibility index (Phi) is 2.99. The Bertz CT molecular complexity index is 404. The molecule has 2 N–H and O–H groups in total. The second kappa shape index (κ2) is 4.44. The summed E-state index contributed by atoms with van der Waals surface area (Å²) < 4.78 is 4.71. The zero-order valence-corrected chi connectivity index (χ0v) is 9.69. The minimum atomic E-state index is -0.615. The second-order valence-electron chi connectivity index (χ2n) is 3.75. The van der Waals surface area contributed by atoms with Crippen molar-refractivity contribution in [3.63, 3.8) is 0 Å². The number of urea groups is 1. The molecule has 0 radical (unpaired) electrons. The number of esters is 1. The fourth-order valence-corrected chi connectivity index (χ4v) is 1.94. The third-order valence-electron chi connectivity index (χ3n) is 2.85. The molecule has 1 aliphatic rings. The number of H-pyrrole nitrogens is 1. The van der Waals surface area contributed by atoms with Gasteiger partial charge in [-0.2, -0.15) is 0 Å². The second-order valence-corrected chi connectivity index (χ2v) is 3.75. The number of hydrogen-bond donors (Lipinski definition) is 2. The Morgan fingerprint density at radius 2 is 2.41 bits per heavy atom. The maximum Gasteiger partial charge on any atom is 0.329 e. The molecule has 1 aromatic heterocycles. The van der Waals surface area contributed by atoms with Gasteiger partial charge in [0.2, 0.25) is 0 Å². The van der Waals surface area contributed by atoms with E-state index >= 15 is 0 Å². The van der Waals surface area contributed by atoms with Crippen LogP contribution in [0.4, 0.5) is 4.79 Å². The summed E-state index contributed by atoms with van der Waals surface area (Å²) in [5.41, 5.74) is 1.66. The van der Waals surface area contributed by atoms with Crippen LogP contribution in [-0.2, 0) is 22.5 Å². The van der Waals surface area contributed by atoms with Crippen LogP contribution in [-0.4, -0.2) is 47.1 Å². The number of carbonyl (C=O) groups is 2. The van der Waals surface area contributed by atoms with Gasteiger partial charge < -0.3 is 19.9 Å². The van der Waals surface area contributed by atoms with Gasteiger partial charge in [0.05, 0.1) is 31.4 Å². The predicted molar refractivity (Wildman–Crippen MR) is 58.1 cm³/mol. The number of rotatable bonds is 1. The Labute approximate surface area is 98.2 Å². The summed E-state index contributed by atoms with van der Waals surface area (Å²) in [6.07, 6.45) is 1.94. The van der Waals surface area contributed by atoms with Gasteiger partial charge in [-0.05, 0) is 0 Å². The molecule has 2 amide bonds. The highest BCUT2D eigenvalue weighted by Gasteiger charge is 2.36. The smallest absolute Gasteiger partial charge is 0.329 e. The van der Waals surface area contributed by atoms with Gasteiger partial charge in [-0.3, -0.25) is 0 Å². The summed E-state index contributed by atoms with van der Waals surface area (Å²) in [5.74, 6) is -0.428. The van der Waals surface area contributed by atoms with Crippen LogP contribution in [0.3, 0.4) is 0 Å². The molecule has 0 saturated heterocycles. The lowest BCUT2D eigenvalue weighted by molar-refractivity contribution is -0.146. The summed E-state index contributed by atoms with van der Waals surface area (Å²) in [6, 6.07) is -0.920. The van der Waals surface area contributed by atoms with Gasteiger partial charge in [0.1, 0.15) is 6.04 Å². The SMILES string of the molecule is CNC(=O)N1Cc2[nH]cnc2CC1C(=O)OC. The molecule has 0 spiro atoms. The van der Waals surface area contributed by atoms with Crippen LogP contribution in [0.2, 0.25) is 0 Å². The van der Waals surface area contributed by atoms with Crippen LogP contribution in [0.15, 0.2) is 6.33 Å². The van der Waals surface area contributed by atoms with Gasteiger partial charge in [0.25, 0.3) is 0 Å². The largest absolute Gasteiger partial charge is 0.467 e. The average Bonchev–Trinajstić information content (AvgIpc) is 2.82. The van der Waals surface area contributed by atoms with E-state index in [-0.39, 0.29) is 6.03 Å². The van der Waals surface area contributed by atoms with E-state index < -0.39 is 12.0 Å². The van der Waals surface area contributed by atoms with Crippen molar-refractivity contribution >= 4 is 12.0 Å². The zero-order chi connectivity index (χ0) is 12.4. The molecule has 1 unspecified atom stereocenters. The van der Waals surface area contributed by atoms with E-state index in [9.17, 15) is 9.59 Å². The van der Waals surface area contributed by atoms with Crippen molar-refractivity contribution in [2.45, 2.75) is 19.0 Å². The number of hydrogen-bond acceptors (Lipinski definition) is 4. The number of aromatic amines is 1. The third-order valence-corrected chi connectivity index (χ3v) is 2.85. The first-order valence-electron chi connectivity index (χ1n) is 5.24. The molecule has 0 saturated carbocycles. The van der Waals surface area contributed by atoms with E-state index in [2.05, 4.69) is 15.3 Å². The number of carbonyl (C=O) groups excluding carboxylic acids is 2. The summed E-state index contributed by atoms with van der Waals surface area (Å²) in [6.45, 7) is 0.328. The van der Waals surface area contributed by atoms with Crippen LogP contribution in [0.25, 0.3) is 0 Å². The van der Waals surface area contributed by atoms with E-state index in [0.717, 1.165) is 11.4 Å². The van der Waals surface area contributed by atoms with Crippen molar-refractivity contribution in [2.24, 2.45) is 0 Å². The standard InChI is InChI=1S/C10H14N4O3/c1-11-10(16)14-4-7-6(12-5-13-7)3-8(14)9(15)17-2/h5,8H,3-4H2,1-2H3,(H,11,16)(H,12,13). The number of ether oxygens (including phenoxy) is 1. The number of aromatic nitrogens is 2. The van der Waals surface area contributed by atoms with Crippen molar-refractivity contribution in [3.8, 4) is 0 Å². The van der Waals surface area contributed by atoms with Gasteiger partial charge in [-0.15, -0.1) is 0 Å². The number of nitrogens with one attached hydrogen (secondary N) is 2. The quantitative estimate of drug-likeness (QED) is 0.654. The van der Waals surface area contributed by atoms with Gasteiger partial charge >= 0.3 is 12.0 Å². The van der Waals surface area contributed by atoms with Crippen molar-refractivity contribution in [3.05, 3.63) is 17.7 Å². The maximum atomic E-state index is 11.7. The van der Waals surface area contributed by atoms with Gasteiger partial charge in [-0.25, -0.2) is 14.6 Å². The molecule has 7 nitrogen and oxygen atoms in total. The first kappa shape index (κ1) is 11.4. The Morgan fingerprint density at radius 3 is 3.06 bits per heavy atom. The van der Waals surface area contributed by atoms with Crippen LogP contribution in [0.1, 0.15) is 11.4 Å². The molecule has 0 aliphatic carbocycles. The van der Waals surface area contributed by atoms with E-state index in [4.69, 9.17) is 4.74 Å². The lowest BCUT2D eigenvalue weighted by atomic mass is 10.0. The van der Waals surface area contributed by atoms with Crippen LogP contribution < -0.4 is 5.32 Å². The number of imidazole rings is 1. The van der Waals surface area contributed by atoms with Crippen LogP contribution in [0.5, 0.6) is 0 Å². The Balaban J connectivity index is 2.29. The van der Waals surface area contributed by atoms with Crippen molar-refractivity contribution < 1.29 is 14.3 Å². The third kappa shape index (κ3) is 1.95. The molecule has 0 fully saturated rings. The zero-order valence-electron chi connectivity index (χ0n) is 9.69. The predicted octanol–water partition coefficient (Wildman–Crippen LogP) is -0.351. The van der Waals surface area contributed by atoms with E-state index in [1.165, 1.54) is 19.1 Å². The lowest BCUT2D eigenvalue weighted by Crippen LogP contribution is -2.52. The highest BCUT2D eigenvalue weighted by Crippen LogP contribution is 2.21. The van der Waals surface area contributed by atoms with Crippen molar-refractivity contribution in [2.75, 3.05) is 14.2 Å². The molecule has 2 heterocycles. The molecule has 0 aromatic carbocycles. The van der Waals surface area contributed by atoms with Gasteiger partial charge in [0.15, 0.2) is 0 Å². The molecule has 7 heteroatoms. The topological polar surface area (TPSA) is 87.3 Å². The number of nitrogens with zero attached hydrogens (tertiary/aromatic N) is 2. The molecule has 0 bridgehead atoms. The molecule has 1 aromatic rings. The Hall–Kier alpha value is -2.05. The minimum Gasteiger partial charge on any atom is -0.467 e. The monoisotopic (exact) mass is 238 g/mol. The summed E-state index contributed by atoms with van der Waals surface area (Å²) in [7, 11) is 2.84. The number of methoxy groups -OCH3 is 1.